The van der Waals surface area contributed by atoms with Crippen molar-refractivity contribution in [2.75, 3.05) is 7.05 Å². The number of aliphatic imine (C=N–C) groups is 1. The van der Waals surface area contributed by atoms with Gasteiger partial charge in [0, 0.05) is 19.1 Å². The molecule has 0 aromatic carbocycles. The minimum atomic E-state index is 0. The fourth-order valence-electron chi connectivity index (χ4n) is 1.43. The zero-order valence-electron chi connectivity index (χ0n) is 11.3. The fraction of sp³-hybridized carbons (Fsp3) is 0.917. The first-order valence-electron chi connectivity index (χ1n) is 5.86. The molecule has 1 aliphatic carbocycles. The topological polar surface area (TPSA) is 36.4 Å². The minimum Gasteiger partial charge on any atom is -0.354 e. The second-order valence-corrected chi connectivity index (χ2v) is 5.64. The normalized spacial score (nSPS) is 24.7. The third-order valence-electron chi connectivity index (χ3n) is 3.41. The molecule has 0 spiro atoms. The Kier molecular flexibility index (Phi) is 6.07. The van der Waals surface area contributed by atoms with Gasteiger partial charge in [0.1, 0.15) is 0 Å². The van der Waals surface area contributed by atoms with Gasteiger partial charge in [0.2, 0.25) is 0 Å². The van der Waals surface area contributed by atoms with Crippen LogP contribution >= 0.6 is 24.0 Å². The molecule has 0 aliphatic heterocycles. The largest absolute Gasteiger partial charge is 0.354 e. The van der Waals surface area contributed by atoms with Crippen molar-refractivity contribution >= 4 is 29.9 Å². The quantitative estimate of drug-likeness (QED) is 0.471. The van der Waals surface area contributed by atoms with Gasteiger partial charge in [0.15, 0.2) is 5.96 Å². The number of rotatable bonds is 3. The van der Waals surface area contributed by atoms with E-state index in [-0.39, 0.29) is 24.0 Å². The van der Waals surface area contributed by atoms with Crippen molar-refractivity contribution in [2.45, 2.75) is 53.1 Å². The summed E-state index contributed by atoms with van der Waals surface area (Å²) in [7, 11) is 1.83. The highest BCUT2D eigenvalue weighted by atomic mass is 127. The molecular formula is C12H26IN3. The van der Waals surface area contributed by atoms with Crippen molar-refractivity contribution in [3.05, 3.63) is 0 Å². The summed E-state index contributed by atoms with van der Waals surface area (Å²) in [4.78, 5) is 4.25. The summed E-state index contributed by atoms with van der Waals surface area (Å²) in [6.45, 7) is 11.2. The number of hydrogen-bond donors (Lipinski definition) is 2. The summed E-state index contributed by atoms with van der Waals surface area (Å²) < 4.78 is 0. The molecular weight excluding hydrogens is 313 g/mol. The molecule has 0 aromatic heterocycles. The second-order valence-electron chi connectivity index (χ2n) is 5.64. The predicted octanol–water partition coefficient (Wildman–Crippen LogP) is 2.61. The molecule has 0 heterocycles. The molecule has 4 heteroatoms. The number of nitrogens with one attached hydrogen (secondary N) is 2. The van der Waals surface area contributed by atoms with E-state index in [1.165, 1.54) is 6.42 Å². The molecule has 0 saturated heterocycles. The molecule has 2 N–H and O–H groups in total. The van der Waals surface area contributed by atoms with E-state index >= 15 is 0 Å². The van der Waals surface area contributed by atoms with Crippen LogP contribution in [-0.4, -0.2) is 25.1 Å². The molecule has 2 unspecified atom stereocenters. The molecule has 96 valence electrons. The second kappa shape index (κ2) is 6.07. The molecule has 0 radical (unpaired) electrons. The highest BCUT2D eigenvalue weighted by Crippen LogP contribution is 2.44. The van der Waals surface area contributed by atoms with Gasteiger partial charge >= 0.3 is 0 Å². The van der Waals surface area contributed by atoms with Crippen molar-refractivity contribution in [3.8, 4) is 0 Å². The molecule has 2 atom stereocenters. The Labute approximate surface area is 117 Å². The van der Waals surface area contributed by atoms with Gasteiger partial charge in [-0.3, -0.25) is 4.99 Å². The van der Waals surface area contributed by atoms with Gasteiger partial charge in [-0.05, 0) is 24.7 Å². The van der Waals surface area contributed by atoms with E-state index in [1.807, 2.05) is 7.05 Å². The van der Waals surface area contributed by atoms with Gasteiger partial charge in [-0.25, -0.2) is 0 Å². The molecule has 0 bridgehead atoms. The number of nitrogens with zero attached hydrogens (tertiary/aromatic N) is 1. The Bertz CT molecular complexity index is 243. The molecule has 1 saturated carbocycles. The lowest BCUT2D eigenvalue weighted by molar-refractivity contribution is 0.477. The molecule has 3 nitrogen and oxygen atoms in total. The van der Waals surface area contributed by atoms with Crippen LogP contribution in [0.5, 0.6) is 0 Å². The van der Waals surface area contributed by atoms with E-state index in [4.69, 9.17) is 0 Å². The van der Waals surface area contributed by atoms with E-state index in [0.29, 0.717) is 23.4 Å². The number of guanidine groups is 1. The molecule has 0 amide bonds. The van der Waals surface area contributed by atoms with Crippen LogP contribution in [-0.2, 0) is 0 Å². The number of hydrogen-bond acceptors (Lipinski definition) is 1. The smallest absolute Gasteiger partial charge is 0.191 e. The van der Waals surface area contributed by atoms with E-state index < -0.39 is 0 Å². The summed E-state index contributed by atoms with van der Waals surface area (Å²) in [5, 5.41) is 6.87. The van der Waals surface area contributed by atoms with E-state index in [0.717, 1.165) is 5.96 Å². The van der Waals surface area contributed by atoms with Crippen LogP contribution in [0.1, 0.15) is 41.0 Å². The molecule has 16 heavy (non-hydrogen) atoms. The predicted molar refractivity (Wildman–Crippen MR) is 81.5 cm³/mol. The van der Waals surface area contributed by atoms with Gasteiger partial charge < -0.3 is 10.6 Å². The average Bonchev–Trinajstić information content (AvgIpc) is 2.72. The van der Waals surface area contributed by atoms with Crippen molar-refractivity contribution in [1.29, 1.82) is 0 Å². The van der Waals surface area contributed by atoms with Crippen molar-refractivity contribution in [3.63, 3.8) is 0 Å². The summed E-state index contributed by atoms with van der Waals surface area (Å²) in [5.41, 5.74) is 0.443. The van der Waals surface area contributed by atoms with Gasteiger partial charge in [-0.2, -0.15) is 0 Å². The summed E-state index contributed by atoms with van der Waals surface area (Å²) in [5.74, 6) is 1.56. The van der Waals surface area contributed by atoms with Gasteiger partial charge in [-0.15, -0.1) is 24.0 Å². The fourth-order valence-corrected chi connectivity index (χ4v) is 1.43. The van der Waals surface area contributed by atoms with Crippen LogP contribution in [0.2, 0.25) is 0 Å². The van der Waals surface area contributed by atoms with Gasteiger partial charge in [0.25, 0.3) is 0 Å². The van der Waals surface area contributed by atoms with E-state index in [1.54, 1.807) is 0 Å². The highest BCUT2D eigenvalue weighted by molar-refractivity contribution is 14.0. The SMILES string of the molecule is CN=C(NC(C)C(C)C)NC1CC1(C)C.I. The van der Waals surface area contributed by atoms with Gasteiger partial charge in [-0.1, -0.05) is 27.7 Å². The first kappa shape index (κ1) is 16.0. The monoisotopic (exact) mass is 339 g/mol. The van der Waals surface area contributed by atoms with Crippen molar-refractivity contribution in [1.82, 2.24) is 10.6 Å². The first-order valence-corrected chi connectivity index (χ1v) is 5.86. The minimum absolute atomic E-state index is 0. The van der Waals surface area contributed by atoms with Crippen molar-refractivity contribution < 1.29 is 0 Å². The Hall–Kier alpha value is 0. The summed E-state index contributed by atoms with van der Waals surface area (Å²) in [6, 6.07) is 1.04. The van der Waals surface area contributed by atoms with E-state index in [2.05, 4.69) is 50.2 Å². The molecule has 1 aliphatic rings. The third kappa shape index (κ3) is 4.47. The summed E-state index contributed by atoms with van der Waals surface area (Å²) >= 11 is 0. The van der Waals surface area contributed by atoms with Crippen LogP contribution in [0, 0.1) is 11.3 Å². The highest BCUT2D eigenvalue weighted by Gasteiger charge is 2.46. The lowest BCUT2D eigenvalue weighted by Crippen LogP contribution is -2.45. The lowest BCUT2D eigenvalue weighted by atomic mass is 10.1. The zero-order valence-corrected chi connectivity index (χ0v) is 13.6. The standard InChI is InChI=1S/C12H25N3.HI/c1-8(2)9(3)14-11(13-6)15-10-7-12(10,4)5;/h8-10H,7H2,1-6H3,(H2,13,14,15);1H. The maximum Gasteiger partial charge on any atom is 0.191 e. The van der Waals surface area contributed by atoms with Gasteiger partial charge in [0.05, 0.1) is 0 Å². The Morgan fingerprint density at radius 2 is 1.81 bits per heavy atom. The average molecular weight is 339 g/mol. The van der Waals surface area contributed by atoms with Crippen LogP contribution in [0.3, 0.4) is 0 Å². The maximum atomic E-state index is 4.25. The zero-order chi connectivity index (χ0) is 11.6. The van der Waals surface area contributed by atoms with Crippen LogP contribution in [0.4, 0.5) is 0 Å². The van der Waals surface area contributed by atoms with E-state index in [9.17, 15) is 0 Å². The van der Waals surface area contributed by atoms with Crippen molar-refractivity contribution in [2.24, 2.45) is 16.3 Å². The lowest BCUT2D eigenvalue weighted by Gasteiger charge is -2.21. The van der Waals surface area contributed by atoms with Crippen LogP contribution in [0.15, 0.2) is 4.99 Å². The third-order valence-corrected chi connectivity index (χ3v) is 3.41. The Morgan fingerprint density at radius 3 is 2.12 bits per heavy atom. The Balaban J connectivity index is 0.00000225. The summed E-state index contributed by atoms with van der Waals surface area (Å²) in [6.07, 6.45) is 1.24. The molecule has 0 aromatic rings. The van der Waals surface area contributed by atoms with Crippen LogP contribution in [0.25, 0.3) is 0 Å². The molecule has 1 rings (SSSR count). The maximum absolute atomic E-state index is 4.25. The molecule has 1 fully saturated rings. The number of halogens is 1. The first-order chi connectivity index (χ1) is 6.86. The Morgan fingerprint density at radius 1 is 1.31 bits per heavy atom. The van der Waals surface area contributed by atoms with Crippen LogP contribution < -0.4 is 10.6 Å².